The van der Waals surface area contributed by atoms with Crippen LogP contribution >= 0.6 is 15.9 Å². The Morgan fingerprint density at radius 1 is 0.906 bits per heavy atom. The molecule has 3 aromatic rings. The van der Waals surface area contributed by atoms with Crippen molar-refractivity contribution in [2.24, 2.45) is 5.92 Å². The van der Waals surface area contributed by atoms with E-state index in [2.05, 4.69) is 15.9 Å². The molecule has 2 amide bonds. The summed E-state index contributed by atoms with van der Waals surface area (Å²) in [6.07, 6.45) is -0.891. The maximum Gasteiger partial charge on any atom is 0.266 e. The highest BCUT2D eigenvalue weighted by Gasteiger charge is 2.60. The van der Waals surface area contributed by atoms with E-state index in [0.29, 0.717) is 18.0 Å². The third-order valence-electron chi connectivity index (χ3n) is 5.72. The molecule has 7 heteroatoms. The quantitative estimate of drug-likeness (QED) is 0.474. The van der Waals surface area contributed by atoms with Gasteiger partial charge >= 0.3 is 0 Å². The molecule has 6 nitrogen and oxygen atoms in total. The molecule has 2 heterocycles. The molecule has 0 unspecified atom stereocenters. The van der Waals surface area contributed by atoms with E-state index in [4.69, 9.17) is 9.57 Å². The van der Waals surface area contributed by atoms with Gasteiger partial charge in [0.05, 0.1) is 24.0 Å². The van der Waals surface area contributed by atoms with Crippen LogP contribution in [-0.2, 0) is 14.4 Å². The summed E-state index contributed by atoms with van der Waals surface area (Å²) in [5, 5.41) is 1.70. The molecule has 0 aliphatic carbocycles. The fraction of sp³-hybridized carbons (Fsp3) is 0.200. The van der Waals surface area contributed by atoms with Crippen molar-refractivity contribution in [2.45, 2.75) is 19.1 Å². The Kier molecular flexibility index (Phi) is 5.45. The molecule has 32 heavy (non-hydrogen) atoms. The average molecular weight is 493 g/mol. The predicted molar refractivity (Wildman–Crippen MR) is 124 cm³/mol. The Morgan fingerprint density at radius 2 is 1.66 bits per heavy atom. The number of hydrogen-bond acceptors (Lipinski definition) is 5. The first-order chi connectivity index (χ1) is 15.6. The van der Waals surface area contributed by atoms with Crippen LogP contribution in [0.3, 0.4) is 0 Å². The van der Waals surface area contributed by atoms with Crippen LogP contribution in [0.15, 0.2) is 83.3 Å². The van der Waals surface area contributed by atoms with Crippen LogP contribution in [0.5, 0.6) is 5.75 Å². The highest BCUT2D eigenvalue weighted by Crippen LogP contribution is 2.47. The smallest absolute Gasteiger partial charge is 0.266 e. The topological polar surface area (TPSA) is 59.1 Å². The molecule has 162 valence electrons. The van der Waals surface area contributed by atoms with Crippen molar-refractivity contribution in [3.63, 3.8) is 0 Å². The molecule has 3 atom stereocenters. The molecule has 3 aromatic carbocycles. The first-order valence-electron chi connectivity index (χ1n) is 10.5. The monoisotopic (exact) mass is 492 g/mol. The first kappa shape index (κ1) is 20.7. The average Bonchev–Trinajstić information content (AvgIpc) is 3.31. The Bertz CT molecular complexity index is 1150. The van der Waals surface area contributed by atoms with Crippen LogP contribution in [0.25, 0.3) is 0 Å². The lowest BCUT2D eigenvalue weighted by molar-refractivity contribution is -0.126. The summed E-state index contributed by atoms with van der Waals surface area (Å²) in [7, 11) is 0. The van der Waals surface area contributed by atoms with Gasteiger partial charge in [0.1, 0.15) is 11.7 Å². The van der Waals surface area contributed by atoms with E-state index in [9.17, 15) is 9.59 Å². The van der Waals surface area contributed by atoms with E-state index in [1.165, 1.54) is 4.90 Å². The number of hydroxylamine groups is 1. The Balaban J connectivity index is 1.54. The summed E-state index contributed by atoms with van der Waals surface area (Å²) in [5.41, 5.74) is 2.20. The minimum atomic E-state index is -0.891. The van der Waals surface area contributed by atoms with Gasteiger partial charge < -0.3 is 4.74 Å². The van der Waals surface area contributed by atoms with Crippen LogP contribution in [-0.4, -0.2) is 24.5 Å². The van der Waals surface area contributed by atoms with Gasteiger partial charge in [-0.1, -0.05) is 46.3 Å². The fourth-order valence-corrected chi connectivity index (χ4v) is 4.77. The summed E-state index contributed by atoms with van der Waals surface area (Å²) >= 11 is 3.52. The number of rotatable bonds is 5. The lowest BCUT2D eigenvalue weighted by Crippen LogP contribution is -2.37. The second-order valence-corrected chi connectivity index (χ2v) is 8.57. The number of para-hydroxylation sites is 1. The van der Waals surface area contributed by atoms with Crippen LogP contribution < -0.4 is 14.7 Å². The number of fused-ring (bicyclic) bond motifs is 1. The number of carbonyl (C=O) groups is 2. The molecule has 2 fully saturated rings. The number of ether oxygens (including phenoxy) is 1. The fourth-order valence-electron chi connectivity index (χ4n) is 4.36. The number of amides is 2. The standard InChI is InChI=1S/C25H21BrN2O4/c1-2-31-20-13-11-18(12-14-20)27-24(29)21-22(16-7-6-8-17(26)15-16)28(32-23(21)25(27)30)19-9-4-3-5-10-19/h3-15,21-23H,2H2,1H3/t21-,22-,23+/m0/s1. The zero-order chi connectivity index (χ0) is 22.2. The van der Waals surface area contributed by atoms with E-state index in [0.717, 1.165) is 15.7 Å². The van der Waals surface area contributed by atoms with Crippen LogP contribution in [0.2, 0.25) is 0 Å². The maximum absolute atomic E-state index is 13.6. The zero-order valence-corrected chi connectivity index (χ0v) is 18.9. The number of anilines is 2. The normalized spacial score (nSPS) is 22.4. The third-order valence-corrected chi connectivity index (χ3v) is 6.22. The Hall–Kier alpha value is -3.16. The van der Waals surface area contributed by atoms with Gasteiger partial charge in [0, 0.05) is 4.47 Å². The van der Waals surface area contributed by atoms with Crippen molar-refractivity contribution in [1.82, 2.24) is 0 Å². The van der Waals surface area contributed by atoms with Crippen molar-refractivity contribution in [3.8, 4) is 5.75 Å². The summed E-state index contributed by atoms with van der Waals surface area (Å²) < 4.78 is 6.37. The van der Waals surface area contributed by atoms with Gasteiger partial charge in [0.15, 0.2) is 6.10 Å². The lowest BCUT2D eigenvalue weighted by Gasteiger charge is -2.28. The molecule has 2 aliphatic heterocycles. The molecule has 2 saturated heterocycles. The predicted octanol–water partition coefficient (Wildman–Crippen LogP) is 4.90. The summed E-state index contributed by atoms with van der Waals surface area (Å²) in [6, 6.07) is 23.8. The third kappa shape index (κ3) is 3.47. The molecule has 0 bridgehead atoms. The van der Waals surface area contributed by atoms with Gasteiger partial charge in [0.2, 0.25) is 5.91 Å². The lowest BCUT2D eigenvalue weighted by atomic mass is 9.90. The van der Waals surface area contributed by atoms with E-state index in [-0.39, 0.29) is 11.8 Å². The van der Waals surface area contributed by atoms with Crippen LogP contribution in [0.4, 0.5) is 11.4 Å². The largest absolute Gasteiger partial charge is 0.494 e. The molecular weight excluding hydrogens is 472 g/mol. The van der Waals surface area contributed by atoms with Gasteiger partial charge in [-0.05, 0) is 61.0 Å². The van der Waals surface area contributed by atoms with Gasteiger partial charge in [0.25, 0.3) is 5.91 Å². The van der Waals surface area contributed by atoms with Crippen LogP contribution in [0.1, 0.15) is 18.5 Å². The summed E-state index contributed by atoms with van der Waals surface area (Å²) in [4.78, 5) is 34.3. The van der Waals surface area contributed by atoms with E-state index < -0.39 is 18.1 Å². The Morgan fingerprint density at radius 3 is 2.34 bits per heavy atom. The van der Waals surface area contributed by atoms with Crippen LogP contribution in [0, 0.1) is 5.92 Å². The molecule has 0 radical (unpaired) electrons. The molecular formula is C25H21BrN2O4. The number of nitrogens with zero attached hydrogens (tertiary/aromatic N) is 2. The SMILES string of the molecule is CCOc1ccc(N2C(=O)[C@@H]3[C@@H](ON(c4ccccc4)[C@H]3c3cccc(Br)c3)C2=O)cc1. The highest BCUT2D eigenvalue weighted by molar-refractivity contribution is 9.10. The second-order valence-electron chi connectivity index (χ2n) is 7.65. The van der Waals surface area contributed by atoms with Crippen molar-refractivity contribution in [3.05, 3.63) is 88.9 Å². The van der Waals surface area contributed by atoms with Crippen molar-refractivity contribution >= 4 is 39.1 Å². The van der Waals surface area contributed by atoms with Crippen molar-refractivity contribution < 1.29 is 19.2 Å². The number of benzene rings is 3. The molecule has 0 saturated carbocycles. The number of carbonyl (C=O) groups excluding carboxylic acids is 2. The van der Waals surface area contributed by atoms with Crippen molar-refractivity contribution in [2.75, 3.05) is 16.6 Å². The maximum atomic E-state index is 13.6. The van der Waals surface area contributed by atoms with E-state index in [1.807, 2.05) is 61.5 Å². The molecule has 0 aromatic heterocycles. The highest BCUT2D eigenvalue weighted by atomic mass is 79.9. The van der Waals surface area contributed by atoms with Gasteiger partial charge in [-0.15, -0.1) is 0 Å². The molecule has 2 aliphatic rings. The van der Waals surface area contributed by atoms with Gasteiger partial charge in [-0.2, -0.15) is 0 Å². The summed E-state index contributed by atoms with van der Waals surface area (Å²) in [5.74, 6) is -0.604. The van der Waals surface area contributed by atoms with Gasteiger partial charge in [-0.25, -0.2) is 9.96 Å². The van der Waals surface area contributed by atoms with Gasteiger partial charge in [-0.3, -0.25) is 14.4 Å². The number of halogens is 1. The number of imide groups is 1. The molecule has 0 spiro atoms. The molecule has 5 rings (SSSR count). The Labute approximate surface area is 194 Å². The van der Waals surface area contributed by atoms with Crippen molar-refractivity contribution in [1.29, 1.82) is 0 Å². The van der Waals surface area contributed by atoms with E-state index in [1.54, 1.807) is 29.3 Å². The zero-order valence-electron chi connectivity index (χ0n) is 17.4. The van der Waals surface area contributed by atoms with E-state index >= 15 is 0 Å². The summed E-state index contributed by atoms with van der Waals surface area (Å²) in [6.45, 7) is 2.45. The second kappa shape index (κ2) is 8.41. The minimum absolute atomic E-state index is 0.271. The minimum Gasteiger partial charge on any atom is -0.494 e. The number of hydrogen-bond donors (Lipinski definition) is 0. The first-order valence-corrected chi connectivity index (χ1v) is 11.2. The molecule has 0 N–H and O–H groups in total.